The van der Waals surface area contributed by atoms with Crippen LogP contribution in [0.1, 0.15) is 38.7 Å². The Balaban J connectivity index is 2.06. The summed E-state index contributed by atoms with van der Waals surface area (Å²) in [5.74, 6) is -1.43. The molecule has 0 bridgehead atoms. The number of nitrogens with zero attached hydrogens (tertiary/aromatic N) is 1. The molecular formula is C18H25FN4O3. The molecule has 1 aromatic carbocycles. The normalized spacial score (nSPS) is 20.8. The summed E-state index contributed by atoms with van der Waals surface area (Å²) in [6, 6.07) is 4.46. The lowest BCUT2D eigenvalue weighted by Crippen LogP contribution is -2.47. The number of urea groups is 1. The lowest BCUT2D eigenvalue weighted by Gasteiger charge is -2.22. The second-order valence-corrected chi connectivity index (χ2v) is 6.60. The van der Waals surface area contributed by atoms with Crippen molar-refractivity contribution in [3.63, 3.8) is 0 Å². The summed E-state index contributed by atoms with van der Waals surface area (Å²) < 4.78 is 13.1. The fourth-order valence-corrected chi connectivity index (χ4v) is 2.94. The number of amides is 4. The molecule has 0 aromatic heterocycles. The third-order valence-electron chi connectivity index (χ3n) is 4.55. The number of nitrogens with one attached hydrogen (secondary N) is 2. The van der Waals surface area contributed by atoms with Crippen molar-refractivity contribution in [2.75, 3.05) is 13.1 Å². The smallest absolute Gasteiger partial charge is 0.325 e. The number of benzene rings is 1. The van der Waals surface area contributed by atoms with Gasteiger partial charge in [0.05, 0.1) is 0 Å². The van der Waals surface area contributed by atoms with E-state index in [9.17, 15) is 18.8 Å². The van der Waals surface area contributed by atoms with Crippen LogP contribution >= 0.6 is 0 Å². The van der Waals surface area contributed by atoms with Crippen molar-refractivity contribution in [3.05, 3.63) is 35.6 Å². The fourth-order valence-electron chi connectivity index (χ4n) is 2.94. The number of hydrogen-bond acceptors (Lipinski definition) is 4. The van der Waals surface area contributed by atoms with Gasteiger partial charge < -0.3 is 16.4 Å². The third-order valence-corrected chi connectivity index (χ3v) is 4.55. The van der Waals surface area contributed by atoms with Crippen LogP contribution in [0.5, 0.6) is 0 Å². The highest BCUT2D eigenvalue weighted by Crippen LogP contribution is 2.28. The fraction of sp³-hybridized carbons (Fsp3) is 0.500. The highest BCUT2D eigenvalue weighted by molar-refractivity contribution is 6.09. The maximum absolute atomic E-state index is 13.1. The van der Waals surface area contributed by atoms with E-state index in [4.69, 9.17) is 5.73 Å². The molecule has 1 fully saturated rings. The summed E-state index contributed by atoms with van der Waals surface area (Å²) in [4.78, 5) is 38.0. The minimum atomic E-state index is -1.33. The van der Waals surface area contributed by atoms with Gasteiger partial charge in [0, 0.05) is 12.6 Å². The van der Waals surface area contributed by atoms with Gasteiger partial charge >= 0.3 is 6.03 Å². The van der Waals surface area contributed by atoms with Crippen molar-refractivity contribution >= 4 is 17.8 Å². The van der Waals surface area contributed by atoms with E-state index < -0.39 is 29.2 Å². The van der Waals surface area contributed by atoms with E-state index in [0.717, 1.165) is 24.2 Å². The first-order valence-corrected chi connectivity index (χ1v) is 8.71. The number of imide groups is 1. The summed E-state index contributed by atoms with van der Waals surface area (Å²) in [5.41, 5.74) is 4.77. The predicted octanol–water partition coefficient (Wildman–Crippen LogP) is 1.23. The maximum Gasteiger partial charge on any atom is 0.325 e. The minimum Gasteiger partial charge on any atom is -0.351 e. The molecule has 1 aliphatic heterocycles. The van der Waals surface area contributed by atoms with Crippen LogP contribution in [-0.2, 0) is 15.1 Å². The maximum atomic E-state index is 13.1. The largest absolute Gasteiger partial charge is 0.351 e. The Labute approximate surface area is 152 Å². The van der Waals surface area contributed by atoms with Gasteiger partial charge in [-0.3, -0.25) is 14.5 Å². The summed E-state index contributed by atoms with van der Waals surface area (Å²) in [5, 5.41) is 5.34. The van der Waals surface area contributed by atoms with Gasteiger partial charge in [-0.1, -0.05) is 31.9 Å². The zero-order valence-electron chi connectivity index (χ0n) is 15.0. The van der Waals surface area contributed by atoms with Gasteiger partial charge in [-0.15, -0.1) is 0 Å². The van der Waals surface area contributed by atoms with E-state index in [0.29, 0.717) is 12.1 Å². The van der Waals surface area contributed by atoms with Crippen LogP contribution in [0.4, 0.5) is 9.18 Å². The molecule has 2 rings (SSSR count). The molecule has 0 aliphatic carbocycles. The lowest BCUT2D eigenvalue weighted by molar-refractivity contribution is -0.135. The first-order valence-electron chi connectivity index (χ1n) is 8.71. The lowest BCUT2D eigenvalue weighted by atomic mass is 9.92. The number of halogens is 1. The Hall–Kier alpha value is -2.48. The highest BCUT2D eigenvalue weighted by Gasteiger charge is 2.49. The van der Waals surface area contributed by atoms with Crippen LogP contribution in [0.25, 0.3) is 0 Å². The number of rotatable bonds is 8. The third kappa shape index (κ3) is 4.19. The molecule has 7 nitrogen and oxygen atoms in total. The molecule has 0 spiro atoms. The number of carbonyl (C=O) groups excluding carboxylic acids is 3. The Kier molecular flexibility index (Phi) is 6.31. The molecule has 0 radical (unpaired) electrons. The van der Waals surface area contributed by atoms with Gasteiger partial charge in [-0.25, -0.2) is 9.18 Å². The molecule has 4 N–H and O–H groups in total. The standard InChI is InChI=1S/C18H25FN4O3/c1-3-4-5-14(10-20)21-15(24)11-23-16(25)18(2,22-17(23)26)12-6-8-13(19)9-7-12/h6-9,14H,3-5,10-11,20H2,1-2H3,(H,21,24)(H,22,26). The summed E-state index contributed by atoms with van der Waals surface area (Å²) in [7, 11) is 0. The van der Waals surface area contributed by atoms with Crippen LogP contribution in [0.2, 0.25) is 0 Å². The first kappa shape index (κ1) is 19.8. The minimum absolute atomic E-state index is 0.188. The van der Waals surface area contributed by atoms with Crippen LogP contribution in [-0.4, -0.2) is 41.9 Å². The van der Waals surface area contributed by atoms with E-state index in [1.54, 1.807) is 0 Å². The topological polar surface area (TPSA) is 105 Å². The Morgan fingerprint density at radius 2 is 2.00 bits per heavy atom. The van der Waals surface area contributed by atoms with E-state index in [1.807, 2.05) is 6.92 Å². The van der Waals surface area contributed by atoms with E-state index in [2.05, 4.69) is 10.6 Å². The molecule has 8 heteroatoms. The molecule has 4 amide bonds. The molecule has 1 aromatic rings. The number of carbonyl (C=O) groups is 3. The van der Waals surface area contributed by atoms with Gasteiger partial charge in [-0.2, -0.15) is 0 Å². The SMILES string of the molecule is CCCCC(CN)NC(=O)CN1C(=O)NC(C)(c2ccc(F)cc2)C1=O. The van der Waals surface area contributed by atoms with E-state index in [-0.39, 0.29) is 12.6 Å². The predicted molar refractivity (Wildman–Crippen MR) is 94.5 cm³/mol. The van der Waals surface area contributed by atoms with Crippen LogP contribution in [0.15, 0.2) is 24.3 Å². The van der Waals surface area contributed by atoms with Crippen molar-refractivity contribution in [3.8, 4) is 0 Å². The average Bonchev–Trinajstić information content (AvgIpc) is 2.83. The molecule has 0 saturated carbocycles. The van der Waals surface area contributed by atoms with Gasteiger partial charge in [0.1, 0.15) is 17.9 Å². The molecule has 2 atom stereocenters. The van der Waals surface area contributed by atoms with Crippen molar-refractivity contribution < 1.29 is 18.8 Å². The van der Waals surface area contributed by atoms with Crippen molar-refractivity contribution in [2.45, 2.75) is 44.7 Å². The van der Waals surface area contributed by atoms with Crippen molar-refractivity contribution in [2.24, 2.45) is 5.73 Å². The van der Waals surface area contributed by atoms with Crippen LogP contribution in [0, 0.1) is 5.82 Å². The molecule has 26 heavy (non-hydrogen) atoms. The highest BCUT2D eigenvalue weighted by atomic mass is 19.1. The van der Waals surface area contributed by atoms with Gasteiger partial charge in [0.2, 0.25) is 5.91 Å². The molecule has 1 heterocycles. The molecule has 142 valence electrons. The zero-order chi connectivity index (χ0) is 19.3. The Bertz CT molecular complexity index is 680. The number of unbranched alkanes of at least 4 members (excludes halogenated alkanes) is 1. The average molecular weight is 364 g/mol. The molecular weight excluding hydrogens is 339 g/mol. The van der Waals surface area contributed by atoms with E-state index >= 15 is 0 Å². The Morgan fingerprint density at radius 3 is 2.58 bits per heavy atom. The summed E-state index contributed by atoms with van der Waals surface area (Å²) in [6.45, 7) is 3.48. The quantitative estimate of drug-likeness (QED) is 0.603. The monoisotopic (exact) mass is 364 g/mol. The molecule has 2 unspecified atom stereocenters. The van der Waals surface area contributed by atoms with Crippen LogP contribution in [0.3, 0.4) is 0 Å². The van der Waals surface area contributed by atoms with Crippen molar-refractivity contribution in [1.29, 1.82) is 0 Å². The van der Waals surface area contributed by atoms with Gasteiger partial charge in [0.15, 0.2) is 0 Å². The zero-order valence-corrected chi connectivity index (χ0v) is 15.0. The van der Waals surface area contributed by atoms with E-state index in [1.165, 1.54) is 31.2 Å². The van der Waals surface area contributed by atoms with Crippen LogP contribution < -0.4 is 16.4 Å². The summed E-state index contributed by atoms with van der Waals surface area (Å²) in [6.07, 6.45) is 2.65. The second kappa shape index (κ2) is 8.27. The van der Waals surface area contributed by atoms with Crippen molar-refractivity contribution in [1.82, 2.24) is 15.5 Å². The van der Waals surface area contributed by atoms with Gasteiger partial charge in [-0.05, 0) is 31.0 Å². The first-order chi connectivity index (χ1) is 12.3. The Morgan fingerprint density at radius 1 is 1.35 bits per heavy atom. The summed E-state index contributed by atoms with van der Waals surface area (Å²) >= 11 is 0. The number of nitrogens with two attached hydrogens (primary N) is 1. The van der Waals surface area contributed by atoms with Gasteiger partial charge in [0.25, 0.3) is 5.91 Å². The number of hydrogen-bond donors (Lipinski definition) is 3. The molecule has 1 aliphatic rings. The second-order valence-electron chi connectivity index (χ2n) is 6.60. The molecule has 1 saturated heterocycles.